The molecule has 0 radical (unpaired) electrons. The summed E-state index contributed by atoms with van der Waals surface area (Å²) in [5, 5.41) is 10.2. The number of piperidine rings is 1. The van der Waals surface area contributed by atoms with Crippen molar-refractivity contribution >= 4 is 22.4 Å². The maximum Gasteiger partial charge on any atom is 0.166 e. The zero-order valence-electron chi connectivity index (χ0n) is 17.0. The van der Waals surface area contributed by atoms with Gasteiger partial charge in [0.15, 0.2) is 5.78 Å². The van der Waals surface area contributed by atoms with Gasteiger partial charge in [0, 0.05) is 36.2 Å². The molecule has 152 valence electrons. The van der Waals surface area contributed by atoms with E-state index >= 15 is 0 Å². The van der Waals surface area contributed by atoms with E-state index in [9.17, 15) is 14.4 Å². The molecule has 0 spiro atoms. The number of hydrogen-bond donors (Lipinski definition) is 0. The number of ketones is 1. The van der Waals surface area contributed by atoms with Gasteiger partial charge in [0.2, 0.25) is 0 Å². The Bertz CT molecular complexity index is 1140. The number of nitriles is 1. The Morgan fingerprint density at radius 1 is 1.23 bits per heavy atom. The van der Waals surface area contributed by atoms with Crippen molar-refractivity contribution in [2.45, 2.75) is 19.8 Å². The molecule has 1 aromatic heterocycles. The molecule has 1 aliphatic rings. The van der Waals surface area contributed by atoms with Gasteiger partial charge in [-0.15, -0.1) is 0 Å². The van der Waals surface area contributed by atoms with E-state index < -0.39 is 0 Å². The number of pyridine rings is 1. The molecule has 1 saturated heterocycles. The second-order valence-corrected chi connectivity index (χ2v) is 7.61. The largest absolute Gasteiger partial charge is 0.497 e. The van der Waals surface area contributed by atoms with Gasteiger partial charge in [0.1, 0.15) is 17.6 Å². The molecular weight excluding hydrogens is 381 g/mol. The Labute approximate surface area is 174 Å². The lowest BCUT2D eigenvalue weighted by Gasteiger charge is -2.34. The van der Waals surface area contributed by atoms with Crippen LogP contribution in [0.2, 0.25) is 0 Å². The van der Waals surface area contributed by atoms with E-state index in [0.29, 0.717) is 53.6 Å². The van der Waals surface area contributed by atoms with Gasteiger partial charge < -0.3 is 9.64 Å². The predicted molar refractivity (Wildman–Crippen MR) is 113 cm³/mol. The minimum atomic E-state index is -0.345. The van der Waals surface area contributed by atoms with Crippen molar-refractivity contribution in [2.24, 2.45) is 5.92 Å². The Kier molecular flexibility index (Phi) is 5.37. The third-order valence-electron chi connectivity index (χ3n) is 5.78. The fourth-order valence-corrected chi connectivity index (χ4v) is 4.20. The van der Waals surface area contributed by atoms with Crippen LogP contribution in [-0.4, -0.2) is 31.0 Å². The van der Waals surface area contributed by atoms with Crippen molar-refractivity contribution < 1.29 is 13.9 Å². The van der Waals surface area contributed by atoms with Crippen molar-refractivity contribution in [2.75, 3.05) is 25.1 Å². The highest BCUT2D eigenvalue weighted by atomic mass is 19.1. The van der Waals surface area contributed by atoms with Crippen molar-refractivity contribution in [3.8, 4) is 11.8 Å². The SMILES string of the molecule is COc1ccc(C(=O)C2CCN(c3c(C#N)cnc4c(C)cc(F)cc34)CC2)cc1. The highest BCUT2D eigenvalue weighted by molar-refractivity contribution is 5.99. The molecular formula is C24H22FN3O2. The lowest BCUT2D eigenvalue weighted by atomic mass is 9.88. The van der Waals surface area contributed by atoms with Crippen molar-refractivity contribution in [3.63, 3.8) is 0 Å². The van der Waals surface area contributed by atoms with Crippen molar-refractivity contribution in [3.05, 3.63) is 65.1 Å². The molecule has 0 bridgehead atoms. The summed E-state index contributed by atoms with van der Waals surface area (Å²) in [6.07, 6.45) is 2.90. The zero-order chi connectivity index (χ0) is 21.3. The van der Waals surface area contributed by atoms with Gasteiger partial charge in [-0.05, 0) is 61.7 Å². The van der Waals surface area contributed by atoms with E-state index in [0.717, 1.165) is 11.3 Å². The van der Waals surface area contributed by atoms with Crippen molar-refractivity contribution in [1.29, 1.82) is 5.26 Å². The quantitative estimate of drug-likeness (QED) is 0.593. The van der Waals surface area contributed by atoms with Gasteiger partial charge >= 0.3 is 0 Å². The number of halogens is 1. The Balaban J connectivity index is 1.59. The van der Waals surface area contributed by atoms with Crippen LogP contribution in [-0.2, 0) is 0 Å². The van der Waals surface area contributed by atoms with Crippen molar-refractivity contribution in [1.82, 2.24) is 4.98 Å². The number of aromatic nitrogens is 1. The topological polar surface area (TPSA) is 66.2 Å². The fraction of sp³-hybridized carbons (Fsp3) is 0.292. The molecule has 0 saturated carbocycles. The average Bonchev–Trinajstić information content (AvgIpc) is 2.78. The molecule has 0 unspecified atom stereocenters. The molecule has 0 atom stereocenters. The highest BCUT2D eigenvalue weighted by Crippen LogP contribution is 2.34. The average molecular weight is 403 g/mol. The lowest BCUT2D eigenvalue weighted by molar-refractivity contribution is 0.0900. The molecule has 3 aromatic rings. The monoisotopic (exact) mass is 403 g/mol. The number of anilines is 1. The van der Waals surface area contributed by atoms with E-state index in [1.165, 1.54) is 12.1 Å². The highest BCUT2D eigenvalue weighted by Gasteiger charge is 2.28. The summed E-state index contributed by atoms with van der Waals surface area (Å²) >= 11 is 0. The second kappa shape index (κ2) is 8.11. The Hall–Kier alpha value is -3.46. The first kappa shape index (κ1) is 19.8. The Morgan fingerprint density at radius 3 is 2.57 bits per heavy atom. The molecule has 6 heteroatoms. The summed E-state index contributed by atoms with van der Waals surface area (Å²) in [7, 11) is 1.60. The number of fused-ring (bicyclic) bond motifs is 1. The molecule has 30 heavy (non-hydrogen) atoms. The summed E-state index contributed by atoms with van der Waals surface area (Å²) < 4.78 is 19.3. The first-order chi connectivity index (χ1) is 14.5. The molecule has 1 aliphatic heterocycles. The molecule has 5 nitrogen and oxygen atoms in total. The van der Waals surface area contributed by atoms with Crippen LogP contribution >= 0.6 is 0 Å². The van der Waals surface area contributed by atoms with Gasteiger partial charge in [-0.1, -0.05) is 0 Å². The van der Waals surface area contributed by atoms with Gasteiger partial charge in [-0.2, -0.15) is 5.26 Å². The van der Waals surface area contributed by atoms with Crippen LogP contribution in [0.5, 0.6) is 5.75 Å². The minimum absolute atomic E-state index is 0.0771. The van der Waals surface area contributed by atoms with Crippen LogP contribution in [0.3, 0.4) is 0 Å². The number of ether oxygens (including phenoxy) is 1. The van der Waals surface area contributed by atoms with Crippen LogP contribution in [0.25, 0.3) is 10.9 Å². The number of carbonyl (C=O) groups is 1. The molecule has 2 aromatic carbocycles. The molecule has 0 amide bonds. The second-order valence-electron chi connectivity index (χ2n) is 7.61. The standard InChI is InChI=1S/C24H22FN3O2/c1-15-11-19(25)12-21-22(15)27-14-18(13-26)23(21)28-9-7-17(8-10-28)24(29)16-3-5-20(30-2)6-4-16/h3-6,11-12,14,17H,7-10H2,1-2H3. The molecule has 1 fully saturated rings. The fourth-order valence-electron chi connectivity index (χ4n) is 4.20. The van der Waals surface area contributed by atoms with E-state index in [-0.39, 0.29) is 17.5 Å². The molecule has 0 N–H and O–H groups in total. The van der Waals surface area contributed by atoms with E-state index in [2.05, 4.69) is 16.0 Å². The van der Waals surface area contributed by atoms with E-state index in [1.807, 2.05) is 6.92 Å². The number of nitrogens with zero attached hydrogens (tertiary/aromatic N) is 3. The molecule has 2 heterocycles. The van der Waals surface area contributed by atoms with Crippen LogP contribution < -0.4 is 9.64 Å². The summed E-state index contributed by atoms with van der Waals surface area (Å²) in [5.41, 5.74) is 3.24. The number of hydrogen-bond acceptors (Lipinski definition) is 5. The number of Topliss-reactive ketones (excluding diaryl/α,β-unsaturated/α-hetero) is 1. The summed E-state index contributed by atoms with van der Waals surface area (Å²) in [6, 6.07) is 12.3. The van der Waals surface area contributed by atoms with Crippen LogP contribution in [0.4, 0.5) is 10.1 Å². The van der Waals surface area contributed by atoms with E-state index in [1.54, 1.807) is 37.6 Å². The summed E-state index contributed by atoms with van der Waals surface area (Å²) in [6.45, 7) is 3.06. The summed E-state index contributed by atoms with van der Waals surface area (Å²) in [5.74, 6) is 0.422. The van der Waals surface area contributed by atoms with E-state index in [4.69, 9.17) is 4.74 Å². The third-order valence-corrected chi connectivity index (χ3v) is 5.78. The van der Waals surface area contributed by atoms with Gasteiger partial charge in [0.25, 0.3) is 0 Å². The number of methoxy groups -OCH3 is 1. The van der Waals surface area contributed by atoms with Gasteiger partial charge in [0.05, 0.1) is 23.9 Å². The summed E-state index contributed by atoms with van der Waals surface area (Å²) in [4.78, 5) is 19.3. The molecule has 0 aliphatic carbocycles. The maximum atomic E-state index is 14.1. The number of benzene rings is 2. The molecule has 4 rings (SSSR count). The zero-order valence-corrected chi connectivity index (χ0v) is 17.0. The van der Waals surface area contributed by atoms with Crippen LogP contribution in [0, 0.1) is 30.0 Å². The maximum absolute atomic E-state index is 14.1. The minimum Gasteiger partial charge on any atom is -0.497 e. The number of aryl methyl sites for hydroxylation is 1. The predicted octanol–water partition coefficient (Wildman–Crippen LogP) is 4.66. The normalized spacial score (nSPS) is 14.5. The van der Waals surface area contributed by atoms with Crippen LogP contribution in [0.15, 0.2) is 42.6 Å². The van der Waals surface area contributed by atoms with Crippen LogP contribution in [0.1, 0.15) is 34.3 Å². The first-order valence-electron chi connectivity index (χ1n) is 9.94. The Morgan fingerprint density at radius 2 is 1.93 bits per heavy atom. The number of carbonyl (C=O) groups excluding carboxylic acids is 1. The lowest BCUT2D eigenvalue weighted by Crippen LogP contribution is -2.37. The van der Waals surface area contributed by atoms with Gasteiger partial charge in [-0.25, -0.2) is 4.39 Å². The first-order valence-corrected chi connectivity index (χ1v) is 9.94. The van der Waals surface area contributed by atoms with Gasteiger partial charge in [-0.3, -0.25) is 9.78 Å². The smallest absolute Gasteiger partial charge is 0.166 e. The third kappa shape index (κ3) is 3.59. The number of rotatable bonds is 4.